The summed E-state index contributed by atoms with van der Waals surface area (Å²) in [5, 5.41) is 8.26. The first kappa shape index (κ1) is 14.3. The maximum absolute atomic E-state index is 11.8. The molecule has 0 aromatic carbocycles. The van der Waals surface area contributed by atoms with Gasteiger partial charge in [0.15, 0.2) is 0 Å². The standard InChI is InChI=1S/C11H13N3O5S/c15-11(16)9-2-3-10(19-9)20(17,18)13-4-1-6-14-7-5-12-8-14/h2-3,5,7-8,13H,1,4,6H2,(H,15,16). The van der Waals surface area contributed by atoms with Gasteiger partial charge < -0.3 is 14.1 Å². The van der Waals surface area contributed by atoms with Crippen LogP contribution in [0.3, 0.4) is 0 Å². The van der Waals surface area contributed by atoms with Crippen molar-refractivity contribution in [1.82, 2.24) is 14.3 Å². The molecule has 0 radical (unpaired) electrons. The van der Waals surface area contributed by atoms with E-state index in [1.165, 1.54) is 0 Å². The van der Waals surface area contributed by atoms with E-state index in [9.17, 15) is 13.2 Å². The van der Waals surface area contributed by atoms with Gasteiger partial charge in [-0.25, -0.2) is 22.9 Å². The number of nitrogens with one attached hydrogen (secondary N) is 1. The number of aryl methyl sites for hydroxylation is 1. The quantitative estimate of drug-likeness (QED) is 0.721. The lowest BCUT2D eigenvalue weighted by Crippen LogP contribution is -2.25. The molecule has 0 spiro atoms. The Morgan fingerprint density at radius 1 is 1.45 bits per heavy atom. The Labute approximate surface area is 115 Å². The zero-order valence-electron chi connectivity index (χ0n) is 10.4. The van der Waals surface area contributed by atoms with Crippen LogP contribution in [0.2, 0.25) is 0 Å². The molecule has 108 valence electrons. The van der Waals surface area contributed by atoms with Gasteiger partial charge in [0, 0.05) is 25.5 Å². The third kappa shape index (κ3) is 3.45. The first-order valence-electron chi connectivity index (χ1n) is 5.77. The van der Waals surface area contributed by atoms with E-state index in [0.29, 0.717) is 13.0 Å². The Balaban J connectivity index is 1.88. The number of hydrogen-bond acceptors (Lipinski definition) is 5. The molecular formula is C11H13N3O5S. The van der Waals surface area contributed by atoms with E-state index >= 15 is 0 Å². The number of furan rings is 1. The summed E-state index contributed by atoms with van der Waals surface area (Å²) < 4.78 is 32.5. The first-order chi connectivity index (χ1) is 9.49. The zero-order valence-corrected chi connectivity index (χ0v) is 11.2. The van der Waals surface area contributed by atoms with E-state index in [0.717, 1.165) is 12.1 Å². The predicted octanol–water partition coefficient (Wildman–Crippen LogP) is 0.543. The summed E-state index contributed by atoms with van der Waals surface area (Å²) in [6.45, 7) is 0.838. The van der Waals surface area contributed by atoms with Crippen molar-refractivity contribution in [3.63, 3.8) is 0 Å². The number of aromatic carboxylic acids is 1. The summed E-state index contributed by atoms with van der Waals surface area (Å²) in [5.74, 6) is -1.73. The maximum Gasteiger partial charge on any atom is 0.371 e. The molecular weight excluding hydrogens is 286 g/mol. The van der Waals surface area contributed by atoms with Gasteiger partial charge in [0.2, 0.25) is 10.9 Å². The van der Waals surface area contributed by atoms with Crippen LogP contribution in [0.5, 0.6) is 0 Å². The van der Waals surface area contributed by atoms with Crippen molar-refractivity contribution in [2.75, 3.05) is 6.54 Å². The highest BCUT2D eigenvalue weighted by Crippen LogP contribution is 2.13. The molecule has 2 heterocycles. The third-order valence-electron chi connectivity index (χ3n) is 2.50. The lowest BCUT2D eigenvalue weighted by molar-refractivity contribution is 0.0656. The van der Waals surface area contributed by atoms with Crippen LogP contribution >= 0.6 is 0 Å². The van der Waals surface area contributed by atoms with Crippen LogP contribution in [-0.4, -0.2) is 35.6 Å². The predicted molar refractivity (Wildman–Crippen MR) is 67.7 cm³/mol. The minimum atomic E-state index is -3.82. The number of aromatic nitrogens is 2. The topological polar surface area (TPSA) is 114 Å². The van der Waals surface area contributed by atoms with Crippen LogP contribution in [0, 0.1) is 0 Å². The molecule has 0 aliphatic carbocycles. The molecule has 0 bridgehead atoms. The molecule has 0 saturated heterocycles. The summed E-state index contributed by atoms with van der Waals surface area (Å²) in [7, 11) is -3.82. The lowest BCUT2D eigenvalue weighted by Gasteiger charge is -2.04. The van der Waals surface area contributed by atoms with Crippen molar-refractivity contribution in [2.45, 2.75) is 18.1 Å². The fourth-order valence-electron chi connectivity index (χ4n) is 1.54. The minimum absolute atomic E-state index is 0.212. The molecule has 0 aliphatic rings. The second-order valence-electron chi connectivity index (χ2n) is 3.98. The van der Waals surface area contributed by atoms with Crippen molar-refractivity contribution in [3.05, 3.63) is 36.6 Å². The van der Waals surface area contributed by atoms with Crippen LogP contribution < -0.4 is 4.72 Å². The lowest BCUT2D eigenvalue weighted by atomic mass is 10.4. The van der Waals surface area contributed by atoms with Crippen molar-refractivity contribution >= 4 is 16.0 Å². The van der Waals surface area contributed by atoms with Crippen LogP contribution in [0.1, 0.15) is 17.0 Å². The fourth-order valence-corrected chi connectivity index (χ4v) is 2.54. The van der Waals surface area contributed by atoms with Gasteiger partial charge in [0.25, 0.3) is 10.0 Å². The Morgan fingerprint density at radius 2 is 2.25 bits per heavy atom. The normalized spacial score (nSPS) is 11.6. The van der Waals surface area contributed by atoms with Gasteiger partial charge in [-0.1, -0.05) is 0 Å². The van der Waals surface area contributed by atoms with Gasteiger partial charge in [0.05, 0.1) is 6.33 Å². The maximum atomic E-state index is 11.8. The molecule has 0 atom stereocenters. The summed E-state index contributed by atoms with van der Waals surface area (Å²) in [6.07, 6.45) is 5.63. The second kappa shape index (κ2) is 5.88. The SMILES string of the molecule is O=C(O)c1ccc(S(=O)(=O)NCCCn2ccnc2)o1. The van der Waals surface area contributed by atoms with Gasteiger partial charge in [-0.2, -0.15) is 0 Å². The minimum Gasteiger partial charge on any atom is -0.475 e. The number of imidazole rings is 1. The van der Waals surface area contributed by atoms with E-state index in [4.69, 9.17) is 9.52 Å². The Hall–Kier alpha value is -2.13. The highest BCUT2D eigenvalue weighted by atomic mass is 32.2. The van der Waals surface area contributed by atoms with E-state index in [2.05, 4.69) is 9.71 Å². The number of sulfonamides is 1. The molecule has 0 unspecified atom stereocenters. The molecule has 8 nitrogen and oxygen atoms in total. The Bertz CT molecular complexity index is 675. The number of rotatable bonds is 7. The average Bonchev–Trinajstić information content (AvgIpc) is 3.05. The number of carboxylic acid groups (broad SMARTS) is 1. The summed E-state index contributed by atoms with van der Waals surface area (Å²) in [5.41, 5.74) is 0. The third-order valence-corrected chi connectivity index (χ3v) is 3.83. The smallest absolute Gasteiger partial charge is 0.371 e. The Kier molecular flexibility index (Phi) is 4.20. The molecule has 0 fully saturated rings. The molecule has 20 heavy (non-hydrogen) atoms. The average molecular weight is 299 g/mol. The van der Waals surface area contributed by atoms with Crippen molar-refractivity contribution in [3.8, 4) is 0 Å². The van der Waals surface area contributed by atoms with E-state index in [-0.39, 0.29) is 6.54 Å². The largest absolute Gasteiger partial charge is 0.475 e. The number of nitrogens with zero attached hydrogens (tertiary/aromatic N) is 2. The number of hydrogen-bond donors (Lipinski definition) is 2. The molecule has 0 amide bonds. The summed E-state index contributed by atoms with van der Waals surface area (Å²) in [6, 6.07) is 2.21. The first-order valence-corrected chi connectivity index (χ1v) is 7.26. The molecule has 2 rings (SSSR count). The molecule has 2 aromatic heterocycles. The van der Waals surface area contributed by atoms with Gasteiger partial charge in [-0.05, 0) is 18.6 Å². The van der Waals surface area contributed by atoms with Gasteiger partial charge in [-0.15, -0.1) is 0 Å². The van der Waals surface area contributed by atoms with E-state index < -0.39 is 26.8 Å². The highest BCUT2D eigenvalue weighted by molar-refractivity contribution is 7.89. The summed E-state index contributed by atoms with van der Waals surface area (Å²) in [4.78, 5) is 14.5. The molecule has 0 saturated carbocycles. The molecule has 0 aliphatic heterocycles. The monoisotopic (exact) mass is 299 g/mol. The van der Waals surface area contributed by atoms with Gasteiger partial charge in [-0.3, -0.25) is 0 Å². The van der Waals surface area contributed by atoms with Crippen molar-refractivity contribution < 1.29 is 22.7 Å². The van der Waals surface area contributed by atoms with Crippen molar-refractivity contribution in [1.29, 1.82) is 0 Å². The van der Waals surface area contributed by atoms with E-state index in [1.54, 1.807) is 18.7 Å². The van der Waals surface area contributed by atoms with Gasteiger partial charge >= 0.3 is 5.97 Å². The van der Waals surface area contributed by atoms with Crippen LogP contribution in [0.4, 0.5) is 0 Å². The Morgan fingerprint density at radius 3 is 2.85 bits per heavy atom. The number of carboxylic acids is 1. The molecule has 9 heteroatoms. The molecule has 2 N–H and O–H groups in total. The van der Waals surface area contributed by atoms with Crippen molar-refractivity contribution in [2.24, 2.45) is 0 Å². The van der Waals surface area contributed by atoms with Crippen LogP contribution in [0.15, 0.2) is 40.4 Å². The van der Waals surface area contributed by atoms with Crippen LogP contribution in [0.25, 0.3) is 0 Å². The van der Waals surface area contributed by atoms with Gasteiger partial charge in [0.1, 0.15) is 0 Å². The fraction of sp³-hybridized carbons (Fsp3) is 0.273. The van der Waals surface area contributed by atoms with Crippen LogP contribution in [-0.2, 0) is 16.6 Å². The zero-order chi connectivity index (χ0) is 14.6. The second-order valence-corrected chi connectivity index (χ2v) is 5.67. The van der Waals surface area contributed by atoms with E-state index in [1.807, 2.05) is 4.57 Å². The highest BCUT2D eigenvalue weighted by Gasteiger charge is 2.20. The number of carbonyl (C=O) groups is 1. The molecule has 2 aromatic rings. The summed E-state index contributed by atoms with van der Waals surface area (Å²) >= 11 is 0.